The summed E-state index contributed by atoms with van der Waals surface area (Å²) >= 11 is 0. The smallest absolute Gasteiger partial charge is 0.135 e. The maximum atomic E-state index is 5.24. The predicted octanol–water partition coefficient (Wildman–Crippen LogP) is 2.29. The minimum Gasteiger partial charge on any atom is -0.229 e. The summed E-state index contributed by atoms with van der Waals surface area (Å²) in [6.07, 6.45) is 4.05. The third-order valence-corrected chi connectivity index (χ3v) is 3.56. The second-order valence-electron chi connectivity index (χ2n) is 4.55. The van der Waals surface area contributed by atoms with Gasteiger partial charge in [-0.3, -0.25) is 0 Å². The first-order valence-electron chi connectivity index (χ1n) is 4.41. The molecule has 2 nitrogen and oxygen atoms in total. The largest absolute Gasteiger partial charge is 0.229 e. The van der Waals surface area contributed by atoms with Crippen molar-refractivity contribution in [3.63, 3.8) is 0 Å². The summed E-state index contributed by atoms with van der Waals surface area (Å²) in [5.41, 5.74) is 0.277. The second kappa shape index (κ2) is 1.99. The van der Waals surface area contributed by atoms with Crippen LogP contribution in [0.1, 0.15) is 40.0 Å². The molecule has 0 N–H and O–H groups in total. The van der Waals surface area contributed by atoms with Gasteiger partial charge in [0.05, 0.1) is 0 Å². The number of fused-ring (bicyclic) bond motifs is 1. The van der Waals surface area contributed by atoms with Crippen molar-refractivity contribution in [2.45, 2.75) is 51.7 Å². The van der Waals surface area contributed by atoms with E-state index < -0.39 is 0 Å². The minimum absolute atomic E-state index is 0.00868. The first-order valence-corrected chi connectivity index (χ1v) is 4.41. The third-order valence-electron chi connectivity index (χ3n) is 3.56. The SMILES string of the molecule is CC1(C)CCCC2OOC21C. The van der Waals surface area contributed by atoms with Crippen LogP contribution in [0.5, 0.6) is 0 Å². The molecule has 2 fully saturated rings. The highest BCUT2D eigenvalue weighted by molar-refractivity contribution is 5.03. The Bertz CT molecular complexity index is 176. The molecule has 0 spiro atoms. The van der Waals surface area contributed by atoms with E-state index in [1.807, 2.05) is 0 Å². The van der Waals surface area contributed by atoms with Crippen LogP contribution in [0.25, 0.3) is 0 Å². The second-order valence-corrected chi connectivity index (χ2v) is 4.55. The van der Waals surface area contributed by atoms with Crippen molar-refractivity contribution in [2.75, 3.05) is 0 Å². The number of hydrogen-bond acceptors (Lipinski definition) is 2. The van der Waals surface area contributed by atoms with Gasteiger partial charge in [0.25, 0.3) is 0 Å². The van der Waals surface area contributed by atoms with Crippen molar-refractivity contribution in [2.24, 2.45) is 5.41 Å². The molecule has 11 heavy (non-hydrogen) atoms. The Kier molecular flexibility index (Phi) is 1.37. The Labute approximate surface area is 67.8 Å². The average Bonchev–Trinajstić information content (AvgIpc) is 1.91. The first kappa shape index (κ1) is 7.56. The molecule has 0 radical (unpaired) electrons. The standard InChI is InChI=1S/C9H16O2/c1-8(2)6-4-5-7-9(8,3)11-10-7/h7H,4-6H2,1-3H3. The van der Waals surface area contributed by atoms with Crippen LogP contribution >= 0.6 is 0 Å². The fourth-order valence-electron chi connectivity index (χ4n) is 2.11. The third kappa shape index (κ3) is 0.798. The molecule has 2 aliphatic rings. The van der Waals surface area contributed by atoms with Gasteiger partial charge >= 0.3 is 0 Å². The number of rotatable bonds is 0. The summed E-state index contributed by atoms with van der Waals surface area (Å²) in [5, 5.41) is 0. The van der Waals surface area contributed by atoms with E-state index in [1.54, 1.807) is 0 Å². The van der Waals surface area contributed by atoms with Gasteiger partial charge in [-0.25, -0.2) is 9.78 Å². The van der Waals surface area contributed by atoms with Crippen LogP contribution in [0.15, 0.2) is 0 Å². The fourth-order valence-corrected chi connectivity index (χ4v) is 2.11. The Balaban J connectivity index is 2.22. The number of hydrogen-bond donors (Lipinski definition) is 0. The van der Waals surface area contributed by atoms with Crippen LogP contribution in [0, 0.1) is 5.41 Å². The van der Waals surface area contributed by atoms with E-state index >= 15 is 0 Å². The molecule has 1 saturated carbocycles. The van der Waals surface area contributed by atoms with E-state index in [1.165, 1.54) is 19.3 Å². The van der Waals surface area contributed by atoms with Gasteiger partial charge in [-0.2, -0.15) is 0 Å². The average molecular weight is 156 g/mol. The summed E-state index contributed by atoms with van der Waals surface area (Å²) in [7, 11) is 0. The van der Waals surface area contributed by atoms with Gasteiger partial charge in [0, 0.05) is 0 Å². The van der Waals surface area contributed by atoms with Crippen molar-refractivity contribution >= 4 is 0 Å². The van der Waals surface area contributed by atoms with Crippen molar-refractivity contribution in [1.29, 1.82) is 0 Å². The highest BCUT2D eigenvalue weighted by Gasteiger charge is 2.58. The zero-order valence-corrected chi connectivity index (χ0v) is 7.52. The minimum atomic E-state index is -0.00868. The summed E-state index contributed by atoms with van der Waals surface area (Å²) in [6, 6.07) is 0. The topological polar surface area (TPSA) is 18.5 Å². The predicted molar refractivity (Wildman–Crippen MR) is 42.0 cm³/mol. The molecule has 1 heterocycles. The zero-order chi connectivity index (χ0) is 8.11. The van der Waals surface area contributed by atoms with Gasteiger partial charge in [-0.1, -0.05) is 13.8 Å². The van der Waals surface area contributed by atoms with Crippen molar-refractivity contribution < 1.29 is 9.78 Å². The van der Waals surface area contributed by atoms with Gasteiger partial charge in [0.15, 0.2) is 0 Å². The van der Waals surface area contributed by atoms with E-state index in [4.69, 9.17) is 9.78 Å². The lowest BCUT2D eigenvalue weighted by Crippen LogP contribution is -2.64. The molecular formula is C9H16O2. The molecule has 0 amide bonds. The summed E-state index contributed by atoms with van der Waals surface area (Å²) in [4.78, 5) is 10.3. The van der Waals surface area contributed by atoms with Gasteiger partial charge in [0.1, 0.15) is 11.7 Å². The molecular weight excluding hydrogens is 140 g/mol. The van der Waals surface area contributed by atoms with E-state index in [-0.39, 0.29) is 11.0 Å². The van der Waals surface area contributed by atoms with E-state index in [0.29, 0.717) is 6.10 Å². The zero-order valence-electron chi connectivity index (χ0n) is 7.52. The highest BCUT2D eigenvalue weighted by atomic mass is 17.3. The van der Waals surface area contributed by atoms with Crippen LogP contribution in [0.4, 0.5) is 0 Å². The lowest BCUT2D eigenvalue weighted by atomic mass is 9.64. The van der Waals surface area contributed by atoms with Crippen LogP contribution in [-0.2, 0) is 9.78 Å². The van der Waals surface area contributed by atoms with Gasteiger partial charge in [-0.15, -0.1) is 0 Å². The van der Waals surface area contributed by atoms with Crippen LogP contribution in [-0.4, -0.2) is 11.7 Å². The Morgan fingerprint density at radius 1 is 1.27 bits per heavy atom. The summed E-state index contributed by atoms with van der Waals surface area (Å²) in [5.74, 6) is 0. The van der Waals surface area contributed by atoms with Crippen LogP contribution in [0.3, 0.4) is 0 Å². The molecule has 0 aromatic heterocycles. The van der Waals surface area contributed by atoms with Crippen molar-refractivity contribution in [3.05, 3.63) is 0 Å². The molecule has 1 aliphatic heterocycles. The van der Waals surface area contributed by atoms with E-state index in [0.717, 1.165) is 0 Å². The van der Waals surface area contributed by atoms with Gasteiger partial charge in [0.2, 0.25) is 0 Å². The van der Waals surface area contributed by atoms with Crippen LogP contribution < -0.4 is 0 Å². The Morgan fingerprint density at radius 3 is 2.36 bits per heavy atom. The maximum Gasteiger partial charge on any atom is 0.135 e. The first-order chi connectivity index (χ1) is 5.06. The molecule has 2 rings (SSSR count). The molecule has 0 aromatic carbocycles. The molecule has 2 unspecified atom stereocenters. The molecule has 2 heteroatoms. The highest BCUT2D eigenvalue weighted by Crippen LogP contribution is 2.52. The molecule has 64 valence electrons. The van der Waals surface area contributed by atoms with E-state index in [9.17, 15) is 0 Å². The lowest BCUT2D eigenvalue weighted by molar-refractivity contribution is -0.533. The normalized spacial score (nSPS) is 47.7. The van der Waals surface area contributed by atoms with Crippen molar-refractivity contribution in [3.8, 4) is 0 Å². The van der Waals surface area contributed by atoms with Gasteiger partial charge < -0.3 is 0 Å². The fraction of sp³-hybridized carbons (Fsp3) is 1.00. The Morgan fingerprint density at radius 2 is 2.00 bits per heavy atom. The molecule has 0 bridgehead atoms. The molecule has 2 atom stereocenters. The lowest BCUT2D eigenvalue weighted by Gasteiger charge is -2.56. The molecule has 1 aliphatic carbocycles. The quantitative estimate of drug-likeness (QED) is 0.501. The van der Waals surface area contributed by atoms with Crippen LogP contribution in [0.2, 0.25) is 0 Å². The molecule has 0 aromatic rings. The summed E-state index contributed by atoms with van der Waals surface area (Å²) < 4.78 is 0. The van der Waals surface area contributed by atoms with Crippen molar-refractivity contribution in [1.82, 2.24) is 0 Å². The van der Waals surface area contributed by atoms with E-state index in [2.05, 4.69) is 20.8 Å². The maximum absolute atomic E-state index is 5.24. The Hall–Kier alpha value is -0.0800. The molecule has 1 saturated heterocycles. The monoisotopic (exact) mass is 156 g/mol. The summed E-state index contributed by atoms with van der Waals surface area (Å²) in [6.45, 7) is 6.70. The van der Waals surface area contributed by atoms with Gasteiger partial charge in [-0.05, 0) is 31.6 Å².